The Bertz CT molecular complexity index is 430. The van der Waals surface area contributed by atoms with Crippen molar-refractivity contribution in [2.24, 2.45) is 5.73 Å². The standard InChI is InChI=1S/C17H29N3O/c1-13(2)21-16-7-5-14(6-8-16)17(11-18)20-10-9-15(12-20)19(3)4/h5-8,13,15,17H,9-12,18H2,1-4H3. The van der Waals surface area contributed by atoms with Gasteiger partial charge in [-0.3, -0.25) is 4.90 Å². The molecule has 118 valence electrons. The molecule has 2 rings (SSSR count). The van der Waals surface area contributed by atoms with Crippen LogP contribution in [-0.4, -0.2) is 55.7 Å². The molecule has 1 saturated heterocycles. The summed E-state index contributed by atoms with van der Waals surface area (Å²) in [6.45, 7) is 6.96. The van der Waals surface area contributed by atoms with E-state index in [0.29, 0.717) is 18.6 Å². The predicted octanol–water partition coefficient (Wildman–Crippen LogP) is 2.11. The molecule has 0 spiro atoms. The van der Waals surface area contributed by atoms with Crippen LogP contribution in [0, 0.1) is 0 Å². The molecule has 1 aromatic carbocycles. The maximum absolute atomic E-state index is 6.04. The van der Waals surface area contributed by atoms with Crippen LogP contribution in [0.4, 0.5) is 0 Å². The van der Waals surface area contributed by atoms with Crippen LogP contribution in [0.15, 0.2) is 24.3 Å². The Labute approximate surface area is 128 Å². The lowest BCUT2D eigenvalue weighted by Crippen LogP contribution is -2.36. The maximum atomic E-state index is 6.04. The molecule has 0 aliphatic carbocycles. The van der Waals surface area contributed by atoms with E-state index >= 15 is 0 Å². The lowest BCUT2D eigenvalue weighted by atomic mass is 10.1. The normalized spacial score (nSPS) is 21.2. The van der Waals surface area contributed by atoms with Crippen LogP contribution < -0.4 is 10.5 Å². The van der Waals surface area contributed by atoms with Crippen molar-refractivity contribution in [3.05, 3.63) is 29.8 Å². The second kappa shape index (κ2) is 7.25. The van der Waals surface area contributed by atoms with E-state index in [4.69, 9.17) is 10.5 Å². The highest BCUT2D eigenvalue weighted by Gasteiger charge is 2.29. The summed E-state index contributed by atoms with van der Waals surface area (Å²) < 4.78 is 5.71. The first kappa shape index (κ1) is 16.3. The molecule has 2 N–H and O–H groups in total. The number of hydrogen-bond acceptors (Lipinski definition) is 4. The first-order valence-electron chi connectivity index (χ1n) is 7.88. The number of nitrogens with zero attached hydrogens (tertiary/aromatic N) is 2. The molecule has 0 saturated carbocycles. The van der Waals surface area contributed by atoms with Crippen LogP contribution in [0.5, 0.6) is 5.75 Å². The highest BCUT2D eigenvalue weighted by molar-refractivity contribution is 5.29. The highest BCUT2D eigenvalue weighted by atomic mass is 16.5. The van der Waals surface area contributed by atoms with Crippen molar-refractivity contribution in [3.8, 4) is 5.75 Å². The van der Waals surface area contributed by atoms with Crippen molar-refractivity contribution < 1.29 is 4.74 Å². The number of ether oxygens (including phenoxy) is 1. The Morgan fingerprint density at radius 1 is 1.29 bits per heavy atom. The number of rotatable bonds is 6. The minimum absolute atomic E-state index is 0.209. The molecule has 0 radical (unpaired) electrons. The molecule has 0 amide bonds. The summed E-state index contributed by atoms with van der Waals surface area (Å²) in [5, 5.41) is 0. The maximum Gasteiger partial charge on any atom is 0.119 e. The number of likely N-dealkylation sites (N-methyl/N-ethyl adjacent to an activating group) is 1. The second-order valence-electron chi connectivity index (χ2n) is 6.39. The van der Waals surface area contributed by atoms with E-state index in [9.17, 15) is 0 Å². The third-order valence-corrected chi connectivity index (χ3v) is 4.23. The molecule has 1 aromatic rings. The van der Waals surface area contributed by atoms with E-state index in [1.807, 2.05) is 13.8 Å². The molecular weight excluding hydrogens is 262 g/mol. The number of benzene rings is 1. The monoisotopic (exact) mass is 291 g/mol. The van der Waals surface area contributed by atoms with E-state index in [-0.39, 0.29) is 6.10 Å². The Morgan fingerprint density at radius 3 is 2.43 bits per heavy atom. The fraction of sp³-hybridized carbons (Fsp3) is 0.647. The van der Waals surface area contributed by atoms with Gasteiger partial charge in [0.15, 0.2) is 0 Å². The van der Waals surface area contributed by atoms with Crippen LogP contribution in [0.2, 0.25) is 0 Å². The molecule has 1 aliphatic rings. The van der Waals surface area contributed by atoms with Crippen molar-refractivity contribution >= 4 is 0 Å². The van der Waals surface area contributed by atoms with Gasteiger partial charge in [0.05, 0.1) is 6.10 Å². The van der Waals surface area contributed by atoms with E-state index in [2.05, 4.69) is 48.2 Å². The van der Waals surface area contributed by atoms with E-state index in [1.54, 1.807) is 0 Å². The smallest absolute Gasteiger partial charge is 0.119 e. The summed E-state index contributed by atoms with van der Waals surface area (Å²) >= 11 is 0. The van der Waals surface area contributed by atoms with Crippen LogP contribution in [-0.2, 0) is 0 Å². The summed E-state index contributed by atoms with van der Waals surface area (Å²) in [5.74, 6) is 0.928. The molecular formula is C17H29N3O. The van der Waals surface area contributed by atoms with E-state index in [1.165, 1.54) is 12.0 Å². The number of nitrogens with two attached hydrogens (primary N) is 1. The summed E-state index contributed by atoms with van der Waals surface area (Å²) in [7, 11) is 4.31. The molecule has 2 unspecified atom stereocenters. The second-order valence-corrected chi connectivity index (χ2v) is 6.39. The lowest BCUT2D eigenvalue weighted by molar-refractivity contribution is 0.220. The van der Waals surface area contributed by atoms with Gasteiger partial charge in [-0.1, -0.05) is 12.1 Å². The van der Waals surface area contributed by atoms with Gasteiger partial charge in [0.1, 0.15) is 5.75 Å². The van der Waals surface area contributed by atoms with Crippen LogP contribution in [0.25, 0.3) is 0 Å². The molecule has 1 heterocycles. The van der Waals surface area contributed by atoms with Gasteiger partial charge in [-0.05, 0) is 52.1 Å². The SMILES string of the molecule is CC(C)Oc1ccc(C(CN)N2CCC(N(C)C)C2)cc1. The largest absolute Gasteiger partial charge is 0.491 e. The van der Waals surface area contributed by atoms with Gasteiger partial charge in [-0.25, -0.2) is 0 Å². The average Bonchev–Trinajstić information content (AvgIpc) is 2.91. The van der Waals surface area contributed by atoms with Crippen LogP contribution in [0.1, 0.15) is 31.9 Å². The van der Waals surface area contributed by atoms with E-state index < -0.39 is 0 Å². The Morgan fingerprint density at radius 2 is 1.95 bits per heavy atom. The van der Waals surface area contributed by atoms with Crippen molar-refractivity contribution in [2.45, 2.75) is 38.5 Å². The molecule has 4 heteroatoms. The van der Waals surface area contributed by atoms with Crippen molar-refractivity contribution in [1.29, 1.82) is 0 Å². The Balaban J connectivity index is 2.04. The molecule has 0 bridgehead atoms. The number of likely N-dealkylation sites (tertiary alicyclic amines) is 1. The minimum atomic E-state index is 0.209. The van der Waals surface area contributed by atoms with Gasteiger partial charge >= 0.3 is 0 Å². The zero-order valence-electron chi connectivity index (χ0n) is 13.7. The Hall–Kier alpha value is -1.10. The molecule has 1 aliphatic heterocycles. The lowest BCUT2D eigenvalue weighted by Gasteiger charge is -2.28. The van der Waals surface area contributed by atoms with Gasteiger partial charge in [0.2, 0.25) is 0 Å². The van der Waals surface area contributed by atoms with Crippen LogP contribution >= 0.6 is 0 Å². The molecule has 4 nitrogen and oxygen atoms in total. The zero-order chi connectivity index (χ0) is 15.4. The predicted molar refractivity (Wildman–Crippen MR) is 87.7 cm³/mol. The van der Waals surface area contributed by atoms with Crippen molar-refractivity contribution in [2.75, 3.05) is 33.7 Å². The highest BCUT2D eigenvalue weighted by Crippen LogP contribution is 2.27. The molecule has 2 atom stereocenters. The van der Waals surface area contributed by atoms with Gasteiger partial charge in [0.25, 0.3) is 0 Å². The zero-order valence-corrected chi connectivity index (χ0v) is 13.7. The van der Waals surface area contributed by atoms with Crippen LogP contribution in [0.3, 0.4) is 0 Å². The summed E-state index contributed by atoms with van der Waals surface area (Å²) in [4.78, 5) is 4.82. The van der Waals surface area contributed by atoms with Crippen molar-refractivity contribution in [3.63, 3.8) is 0 Å². The third-order valence-electron chi connectivity index (χ3n) is 4.23. The first-order chi connectivity index (χ1) is 10.0. The summed E-state index contributed by atoms with van der Waals surface area (Å²) in [6, 6.07) is 9.36. The van der Waals surface area contributed by atoms with Crippen molar-refractivity contribution in [1.82, 2.24) is 9.80 Å². The topological polar surface area (TPSA) is 41.7 Å². The summed E-state index contributed by atoms with van der Waals surface area (Å²) in [6.07, 6.45) is 1.43. The molecule has 1 fully saturated rings. The van der Waals surface area contributed by atoms with Gasteiger partial charge in [-0.15, -0.1) is 0 Å². The molecule has 0 aromatic heterocycles. The third kappa shape index (κ3) is 4.19. The Kier molecular flexibility index (Phi) is 5.62. The fourth-order valence-electron chi connectivity index (χ4n) is 3.01. The van der Waals surface area contributed by atoms with E-state index in [0.717, 1.165) is 18.8 Å². The average molecular weight is 291 g/mol. The molecule has 21 heavy (non-hydrogen) atoms. The first-order valence-corrected chi connectivity index (χ1v) is 7.88. The van der Waals surface area contributed by atoms with Gasteiger partial charge < -0.3 is 15.4 Å². The van der Waals surface area contributed by atoms with Gasteiger partial charge in [0, 0.05) is 31.7 Å². The minimum Gasteiger partial charge on any atom is -0.491 e. The quantitative estimate of drug-likeness (QED) is 0.871. The number of hydrogen-bond donors (Lipinski definition) is 1. The van der Waals surface area contributed by atoms with Gasteiger partial charge in [-0.2, -0.15) is 0 Å². The summed E-state index contributed by atoms with van der Waals surface area (Å²) in [5.41, 5.74) is 7.32. The fourth-order valence-corrected chi connectivity index (χ4v) is 3.01.